The maximum Gasteiger partial charge on any atom is 0.294 e. The van der Waals surface area contributed by atoms with Crippen LogP contribution in [-0.4, -0.2) is 55.2 Å². The third-order valence-electron chi connectivity index (χ3n) is 6.07. The molecule has 1 aliphatic heterocycles. The molecular formula is C30H29N3O7S. The third-order valence-corrected chi connectivity index (χ3v) is 6.98. The smallest absolute Gasteiger partial charge is 0.294 e. The van der Waals surface area contributed by atoms with Gasteiger partial charge in [-0.3, -0.25) is 24.1 Å². The van der Waals surface area contributed by atoms with E-state index in [1.807, 2.05) is 32.0 Å². The number of para-hydroxylation sites is 2. The molecule has 0 spiro atoms. The van der Waals surface area contributed by atoms with E-state index in [9.17, 15) is 19.2 Å². The summed E-state index contributed by atoms with van der Waals surface area (Å²) in [6.45, 7) is 3.09. The molecule has 212 valence electrons. The zero-order chi connectivity index (χ0) is 29.5. The van der Waals surface area contributed by atoms with Gasteiger partial charge in [0.15, 0.2) is 18.1 Å². The maximum atomic E-state index is 13.0. The van der Waals surface area contributed by atoms with Gasteiger partial charge in [-0.25, -0.2) is 0 Å². The molecular weight excluding hydrogens is 546 g/mol. The number of thioether (sulfide) groups is 1. The van der Waals surface area contributed by atoms with Crippen LogP contribution in [0.25, 0.3) is 6.08 Å². The second-order valence-corrected chi connectivity index (χ2v) is 10.1. The van der Waals surface area contributed by atoms with E-state index in [4.69, 9.17) is 14.2 Å². The highest BCUT2D eigenvalue weighted by molar-refractivity contribution is 8.18. The number of carbonyl (C=O) groups excluding carboxylic acids is 4. The molecule has 4 amide bonds. The van der Waals surface area contributed by atoms with Crippen molar-refractivity contribution in [1.82, 2.24) is 4.90 Å². The lowest BCUT2D eigenvalue weighted by Crippen LogP contribution is -2.36. The SMILES string of the molecule is COc1ccccc1NC(=O)COc1ccc(/C=C2\SC(=O)N(CC(=O)Nc3cc(C)ccc3C)C2=O)cc1OC. The number of hydrogen-bond donors (Lipinski definition) is 2. The lowest BCUT2D eigenvalue weighted by molar-refractivity contribution is -0.127. The van der Waals surface area contributed by atoms with E-state index in [0.29, 0.717) is 34.2 Å². The number of ether oxygens (including phenoxy) is 3. The van der Waals surface area contributed by atoms with Gasteiger partial charge in [-0.1, -0.05) is 30.3 Å². The Labute approximate surface area is 241 Å². The summed E-state index contributed by atoms with van der Waals surface area (Å²) in [4.78, 5) is 51.6. The number of aryl methyl sites for hydroxylation is 2. The second-order valence-electron chi connectivity index (χ2n) is 9.08. The number of hydrogen-bond acceptors (Lipinski definition) is 8. The molecule has 41 heavy (non-hydrogen) atoms. The van der Waals surface area contributed by atoms with E-state index in [2.05, 4.69) is 10.6 Å². The molecule has 3 aromatic carbocycles. The van der Waals surface area contributed by atoms with Gasteiger partial charge in [-0.2, -0.15) is 0 Å². The predicted molar refractivity (Wildman–Crippen MR) is 157 cm³/mol. The number of carbonyl (C=O) groups is 4. The molecule has 1 heterocycles. The molecule has 3 aromatic rings. The topological polar surface area (TPSA) is 123 Å². The van der Waals surface area contributed by atoms with Crippen molar-refractivity contribution < 1.29 is 33.4 Å². The minimum Gasteiger partial charge on any atom is -0.495 e. The van der Waals surface area contributed by atoms with E-state index in [0.717, 1.165) is 27.8 Å². The number of benzene rings is 3. The van der Waals surface area contributed by atoms with Gasteiger partial charge < -0.3 is 24.8 Å². The first-order chi connectivity index (χ1) is 19.7. The quantitative estimate of drug-likeness (QED) is 0.324. The molecule has 2 N–H and O–H groups in total. The standard InChI is InChI=1S/C30H29N3O7S/c1-18-9-10-19(2)22(13-18)32-27(34)16-33-29(36)26(41-30(33)37)15-20-11-12-24(25(14-20)39-4)40-17-28(35)31-21-7-5-6-8-23(21)38-3/h5-15H,16-17H2,1-4H3,(H,31,35)(H,32,34)/b26-15-. The Hall–Kier alpha value is -4.77. The van der Waals surface area contributed by atoms with Crippen LogP contribution in [0.3, 0.4) is 0 Å². The lowest BCUT2D eigenvalue weighted by Gasteiger charge is -2.14. The molecule has 1 fully saturated rings. The van der Waals surface area contributed by atoms with E-state index >= 15 is 0 Å². The summed E-state index contributed by atoms with van der Waals surface area (Å²) < 4.78 is 16.3. The van der Waals surface area contributed by atoms with E-state index in [1.165, 1.54) is 20.3 Å². The summed E-state index contributed by atoms with van der Waals surface area (Å²) in [5.74, 6) is -0.263. The van der Waals surface area contributed by atoms with Gasteiger partial charge in [-0.05, 0) is 78.7 Å². The highest BCUT2D eigenvalue weighted by Gasteiger charge is 2.36. The largest absolute Gasteiger partial charge is 0.495 e. The maximum absolute atomic E-state index is 13.0. The average Bonchev–Trinajstić information content (AvgIpc) is 3.21. The van der Waals surface area contributed by atoms with Crippen molar-refractivity contribution in [3.8, 4) is 17.2 Å². The highest BCUT2D eigenvalue weighted by Crippen LogP contribution is 2.34. The fourth-order valence-electron chi connectivity index (χ4n) is 3.96. The summed E-state index contributed by atoms with van der Waals surface area (Å²) in [5, 5.41) is 4.96. The van der Waals surface area contributed by atoms with E-state index in [1.54, 1.807) is 42.5 Å². The monoisotopic (exact) mass is 575 g/mol. The molecule has 0 atom stereocenters. The molecule has 10 nitrogen and oxygen atoms in total. The summed E-state index contributed by atoms with van der Waals surface area (Å²) >= 11 is 0.750. The fraction of sp³-hybridized carbons (Fsp3) is 0.200. The molecule has 4 rings (SSSR count). The molecule has 0 aliphatic carbocycles. The minimum atomic E-state index is -0.566. The number of imide groups is 1. The van der Waals surface area contributed by atoms with Gasteiger partial charge in [0.05, 0.1) is 24.8 Å². The Bertz CT molecular complexity index is 1540. The Morgan fingerprint density at radius 2 is 1.59 bits per heavy atom. The number of nitrogens with one attached hydrogen (secondary N) is 2. The molecule has 11 heteroatoms. The Morgan fingerprint density at radius 3 is 2.34 bits per heavy atom. The van der Waals surface area contributed by atoms with Crippen LogP contribution in [0.2, 0.25) is 0 Å². The molecule has 0 bridgehead atoms. The van der Waals surface area contributed by atoms with Crippen LogP contribution in [-0.2, 0) is 14.4 Å². The van der Waals surface area contributed by atoms with Crippen LogP contribution in [0.15, 0.2) is 65.6 Å². The minimum absolute atomic E-state index is 0.168. The van der Waals surface area contributed by atoms with Crippen LogP contribution < -0.4 is 24.8 Å². The van der Waals surface area contributed by atoms with Crippen molar-refractivity contribution >= 4 is 52.2 Å². The number of rotatable bonds is 10. The zero-order valence-corrected chi connectivity index (χ0v) is 23.8. The number of methoxy groups -OCH3 is 2. The number of nitrogens with zero attached hydrogens (tertiary/aromatic N) is 1. The Morgan fingerprint density at radius 1 is 0.854 bits per heavy atom. The van der Waals surface area contributed by atoms with Crippen molar-refractivity contribution in [1.29, 1.82) is 0 Å². The first kappa shape index (κ1) is 29.2. The molecule has 0 unspecified atom stereocenters. The normalized spacial score (nSPS) is 13.8. The first-order valence-electron chi connectivity index (χ1n) is 12.5. The lowest BCUT2D eigenvalue weighted by atomic mass is 10.1. The first-order valence-corrected chi connectivity index (χ1v) is 13.4. The molecule has 0 aromatic heterocycles. The van der Waals surface area contributed by atoms with Crippen LogP contribution in [0.1, 0.15) is 16.7 Å². The summed E-state index contributed by atoms with van der Waals surface area (Å²) in [5.41, 5.74) is 3.56. The van der Waals surface area contributed by atoms with Gasteiger partial charge in [0.1, 0.15) is 12.3 Å². The van der Waals surface area contributed by atoms with Crippen molar-refractivity contribution in [2.75, 3.05) is 38.0 Å². The van der Waals surface area contributed by atoms with Crippen LogP contribution >= 0.6 is 11.8 Å². The third kappa shape index (κ3) is 7.25. The Balaban J connectivity index is 1.39. The summed E-state index contributed by atoms with van der Waals surface area (Å²) in [7, 11) is 2.96. The van der Waals surface area contributed by atoms with E-state index in [-0.39, 0.29) is 11.5 Å². The van der Waals surface area contributed by atoms with Crippen molar-refractivity contribution in [3.05, 3.63) is 82.3 Å². The van der Waals surface area contributed by atoms with Gasteiger partial charge in [0.2, 0.25) is 5.91 Å². The van der Waals surface area contributed by atoms with Crippen molar-refractivity contribution in [3.63, 3.8) is 0 Å². The van der Waals surface area contributed by atoms with Gasteiger partial charge in [0.25, 0.3) is 17.1 Å². The molecule has 0 radical (unpaired) electrons. The fourth-order valence-corrected chi connectivity index (χ4v) is 4.80. The van der Waals surface area contributed by atoms with Crippen molar-refractivity contribution in [2.45, 2.75) is 13.8 Å². The van der Waals surface area contributed by atoms with Crippen LogP contribution in [0.5, 0.6) is 17.2 Å². The Kier molecular flexibility index (Phi) is 9.30. The second kappa shape index (κ2) is 13.1. The molecule has 0 saturated carbocycles. The summed E-state index contributed by atoms with van der Waals surface area (Å²) in [6, 6.07) is 17.5. The zero-order valence-electron chi connectivity index (χ0n) is 23.0. The average molecular weight is 576 g/mol. The van der Waals surface area contributed by atoms with Gasteiger partial charge in [0, 0.05) is 5.69 Å². The number of amides is 4. The predicted octanol–water partition coefficient (Wildman–Crippen LogP) is 5.01. The van der Waals surface area contributed by atoms with Crippen LogP contribution in [0, 0.1) is 13.8 Å². The van der Waals surface area contributed by atoms with Crippen molar-refractivity contribution in [2.24, 2.45) is 0 Å². The van der Waals surface area contributed by atoms with Gasteiger partial charge >= 0.3 is 0 Å². The van der Waals surface area contributed by atoms with Gasteiger partial charge in [-0.15, -0.1) is 0 Å². The molecule has 1 saturated heterocycles. The van der Waals surface area contributed by atoms with E-state index < -0.39 is 29.5 Å². The highest BCUT2D eigenvalue weighted by atomic mass is 32.2. The molecule has 1 aliphatic rings. The summed E-state index contributed by atoms with van der Waals surface area (Å²) in [6.07, 6.45) is 1.54. The number of anilines is 2. The van der Waals surface area contributed by atoms with Crippen LogP contribution in [0.4, 0.5) is 16.2 Å².